The van der Waals surface area contributed by atoms with E-state index in [0.717, 1.165) is 0 Å². The molecule has 1 atom stereocenters. The Bertz CT molecular complexity index is 941. The van der Waals surface area contributed by atoms with Crippen LogP contribution in [0.5, 0.6) is 0 Å². The highest BCUT2D eigenvalue weighted by Gasteiger charge is 2.31. The number of carbonyl (C=O) groups is 1. The largest absolute Gasteiger partial charge is 0.324 e. The number of hydrogen-bond acceptors (Lipinski definition) is 4. The number of hydrogen-bond donors (Lipinski definition) is 2. The van der Waals surface area contributed by atoms with Crippen LogP contribution in [0.3, 0.4) is 0 Å². The number of sulfonamides is 1. The Hall–Kier alpha value is -2.38. The zero-order valence-electron chi connectivity index (χ0n) is 12.7. The molecule has 1 heterocycles. The average molecular weight is 364 g/mol. The maximum atomic E-state index is 12.2. The number of anilines is 1. The molecule has 0 spiro atoms. The van der Waals surface area contributed by atoms with Crippen LogP contribution in [0.1, 0.15) is 12.5 Å². The first-order valence-corrected chi connectivity index (χ1v) is 8.99. The van der Waals surface area contributed by atoms with Gasteiger partial charge in [0.1, 0.15) is 11.9 Å². The van der Waals surface area contributed by atoms with E-state index in [1.165, 1.54) is 6.07 Å². The lowest BCUT2D eigenvalue weighted by molar-refractivity contribution is -0.117. The van der Waals surface area contributed by atoms with E-state index >= 15 is 0 Å². The molecular formula is C16H14ClN3O3S. The van der Waals surface area contributed by atoms with Gasteiger partial charge in [0.25, 0.3) is 10.0 Å². The number of nitrogens with one attached hydrogen (secondary N) is 2. The monoisotopic (exact) mass is 363 g/mol. The Morgan fingerprint density at radius 2 is 1.96 bits per heavy atom. The molecule has 0 radical (unpaired) electrons. The Kier molecular flexibility index (Phi) is 4.29. The number of nitrogens with zero attached hydrogens (tertiary/aromatic N) is 1. The third kappa shape index (κ3) is 3.27. The highest BCUT2D eigenvalue weighted by atomic mass is 35.5. The second kappa shape index (κ2) is 6.26. The molecule has 0 fully saturated rings. The maximum Gasteiger partial charge on any atom is 0.263 e. The summed E-state index contributed by atoms with van der Waals surface area (Å²) in [6, 6.07) is 12.5. The lowest BCUT2D eigenvalue weighted by Crippen LogP contribution is -2.28. The van der Waals surface area contributed by atoms with Crippen molar-refractivity contribution in [2.75, 3.05) is 5.32 Å². The summed E-state index contributed by atoms with van der Waals surface area (Å²) in [5, 5.41) is 3.20. The second-order valence-corrected chi connectivity index (χ2v) is 7.34. The third-order valence-corrected chi connectivity index (χ3v) is 5.09. The Morgan fingerprint density at radius 3 is 2.71 bits per heavy atom. The fourth-order valence-electron chi connectivity index (χ4n) is 2.29. The van der Waals surface area contributed by atoms with Crippen LogP contribution in [0, 0.1) is 0 Å². The van der Waals surface area contributed by atoms with Crippen molar-refractivity contribution in [3.63, 3.8) is 0 Å². The minimum atomic E-state index is -3.62. The van der Waals surface area contributed by atoms with Gasteiger partial charge in [0.05, 0.1) is 4.90 Å². The highest BCUT2D eigenvalue weighted by Crippen LogP contribution is 2.22. The molecule has 1 unspecified atom stereocenters. The molecule has 6 nitrogen and oxygen atoms in total. The number of rotatable bonds is 3. The molecule has 1 aliphatic heterocycles. The van der Waals surface area contributed by atoms with E-state index in [1.54, 1.807) is 49.4 Å². The van der Waals surface area contributed by atoms with Gasteiger partial charge < -0.3 is 5.32 Å². The smallest absolute Gasteiger partial charge is 0.263 e. The van der Waals surface area contributed by atoms with E-state index in [0.29, 0.717) is 16.3 Å². The van der Waals surface area contributed by atoms with Crippen LogP contribution in [-0.2, 0) is 14.8 Å². The quantitative estimate of drug-likeness (QED) is 0.877. The van der Waals surface area contributed by atoms with Gasteiger partial charge in [-0.05, 0) is 37.3 Å². The minimum Gasteiger partial charge on any atom is -0.324 e. The van der Waals surface area contributed by atoms with E-state index in [1.807, 2.05) is 0 Å². The van der Waals surface area contributed by atoms with Gasteiger partial charge in [-0.2, -0.15) is 0 Å². The molecule has 2 aromatic rings. The van der Waals surface area contributed by atoms with Gasteiger partial charge in [-0.1, -0.05) is 29.8 Å². The van der Waals surface area contributed by atoms with Gasteiger partial charge in [-0.3, -0.25) is 14.5 Å². The molecule has 24 heavy (non-hydrogen) atoms. The van der Waals surface area contributed by atoms with E-state index < -0.39 is 16.1 Å². The lowest BCUT2D eigenvalue weighted by Gasteiger charge is -2.10. The first-order valence-electron chi connectivity index (χ1n) is 7.13. The number of amidine groups is 1. The zero-order chi connectivity index (χ0) is 17.3. The Labute approximate surface area is 144 Å². The van der Waals surface area contributed by atoms with Crippen molar-refractivity contribution in [3.8, 4) is 0 Å². The fourth-order valence-corrected chi connectivity index (χ4v) is 3.72. The van der Waals surface area contributed by atoms with Crippen molar-refractivity contribution in [1.82, 2.24) is 4.72 Å². The number of carbonyl (C=O) groups excluding carboxylic acids is 1. The molecule has 124 valence electrons. The SMILES string of the molecule is CC(N=C1NS(=O)(=O)c2ccccc21)C(=O)Nc1cccc(Cl)c1. The van der Waals surface area contributed by atoms with Crippen LogP contribution in [0.2, 0.25) is 5.02 Å². The number of halogens is 1. The van der Waals surface area contributed by atoms with E-state index in [-0.39, 0.29) is 16.6 Å². The molecule has 1 aliphatic rings. The van der Waals surface area contributed by atoms with Gasteiger partial charge in [-0.15, -0.1) is 0 Å². The van der Waals surface area contributed by atoms with E-state index in [4.69, 9.17) is 11.6 Å². The Morgan fingerprint density at radius 1 is 1.21 bits per heavy atom. The molecule has 2 aromatic carbocycles. The molecule has 8 heteroatoms. The number of fused-ring (bicyclic) bond motifs is 1. The number of amides is 1. The summed E-state index contributed by atoms with van der Waals surface area (Å²) in [5.74, 6) is -0.201. The van der Waals surface area contributed by atoms with Crippen LogP contribution < -0.4 is 10.0 Å². The van der Waals surface area contributed by atoms with Crippen molar-refractivity contribution in [2.24, 2.45) is 4.99 Å². The molecule has 0 saturated heterocycles. The molecule has 0 aliphatic carbocycles. The molecule has 1 amide bonds. The van der Waals surface area contributed by atoms with E-state index in [9.17, 15) is 13.2 Å². The molecule has 3 rings (SSSR count). The molecule has 0 bridgehead atoms. The van der Waals surface area contributed by atoms with Gasteiger partial charge in [0, 0.05) is 16.3 Å². The van der Waals surface area contributed by atoms with Crippen LogP contribution >= 0.6 is 11.6 Å². The lowest BCUT2D eigenvalue weighted by atomic mass is 10.2. The van der Waals surface area contributed by atoms with Crippen molar-refractivity contribution in [2.45, 2.75) is 17.9 Å². The van der Waals surface area contributed by atoms with Crippen LogP contribution in [0.25, 0.3) is 0 Å². The minimum absolute atomic E-state index is 0.159. The normalized spacial score (nSPS) is 17.8. The van der Waals surface area contributed by atoms with Crippen molar-refractivity contribution in [3.05, 3.63) is 59.1 Å². The highest BCUT2D eigenvalue weighted by molar-refractivity contribution is 7.90. The van der Waals surface area contributed by atoms with Crippen LogP contribution in [0.15, 0.2) is 58.4 Å². The molecular weight excluding hydrogens is 350 g/mol. The summed E-state index contributed by atoms with van der Waals surface area (Å²) in [7, 11) is -3.62. The fraction of sp³-hybridized carbons (Fsp3) is 0.125. The average Bonchev–Trinajstić information content (AvgIpc) is 2.78. The molecule has 0 aromatic heterocycles. The first kappa shape index (κ1) is 16.5. The van der Waals surface area contributed by atoms with Gasteiger partial charge in [-0.25, -0.2) is 8.42 Å². The summed E-state index contributed by atoms with van der Waals surface area (Å²) in [6.45, 7) is 1.59. The first-order chi connectivity index (χ1) is 11.4. The second-order valence-electron chi connectivity index (χ2n) is 5.25. The standard InChI is InChI=1S/C16H14ClN3O3S/c1-10(16(21)19-12-6-4-5-11(17)9-12)18-15-13-7-2-3-8-14(13)24(22,23)20-15/h2-10H,1H3,(H,18,20)(H,19,21). The van der Waals surface area contributed by atoms with E-state index in [2.05, 4.69) is 15.0 Å². The van der Waals surface area contributed by atoms with Gasteiger partial charge in [0.2, 0.25) is 5.91 Å². The predicted molar refractivity (Wildman–Crippen MR) is 92.8 cm³/mol. The summed E-state index contributed by atoms with van der Waals surface area (Å²) in [6.07, 6.45) is 0. The topological polar surface area (TPSA) is 87.6 Å². The predicted octanol–water partition coefficient (Wildman–Crippen LogP) is 2.41. The van der Waals surface area contributed by atoms with Crippen LogP contribution in [0.4, 0.5) is 5.69 Å². The summed E-state index contributed by atoms with van der Waals surface area (Å²) in [5.41, 5.74) is 1.01. The zero-order valence-corrected chi connectivity index (χ0v) is 14.2. The van der Waals surface area contributed by atoms with Crippen molar-refractivity contribution in [1.29, 1.82) is 0 Å². The van der Waals surface area contributed by atoms with Gasteiger partial charge >= 0.3 is 0 Å². The summed E-state index contributed by atoms with van der Waals surface area (Å²) >= 11 is 5.88. The molecule has 2 N–H and O–H groups in total. The Balaban J connectivity index is 1.83. The summed E-state index contributed by atoms with van der Waals surface area (Å²) < 4.78 is 26.4. The number of benzene rings is 2. The molecule has 0 saturated carbocycles. The van der Waals surface area contributed by atoms with Gasteiger partial charge in [0.15, 0.2) is 0 Å². The van der Waals surface area contributed by atoms with Crippen molar-refractivity contribution < 1.29 is 13.2 Å². The van der Waals surface area contributed by atoms with Crippen LogP contribution in [-0.4, -0.2) is 26.2 Å². The third-order valence-electron chi connectivity index (χ3n) is 3.46. The number of aliphatic imine (C=N–C) groups is 1. The van der Waals surface area contributed by atoms with Crippen molar-refractivity contribution >= 4 is 39.1 Å². The maximum absolute atomic E-state index is 12.2. The summed E-state index contributed by atoms with van der Waals surface area (Å²) in [4.78, 5) is 16.6.